The normalized spacial score (nSPS) is 20.1. The van der Waals surface area contributed by atoms with Gasteiger partial charge in [0.15, 0.2) is 0 Å². The minimum absolute atomic E-state index is 0.847. The second-order valence-corrected chi connectivity index (χ2v) is 5.76. The smallest absolute Gasteiger partial charge is 0.130 e. The van der Waals surface area contributed by atoms with E-state index in [9.17, 15) is 0 Å². The third-order valence-corrected chi connectivity index (χ3v) is 4.04. The van der Waals surface area contributed by atoms with E-state index in [4.69, 9.17) is 0 Å². The third-order valence-electron chi connectivity index (χ3n) is 3.61. The Kier molecular flexibility index (Phi) is 2.84. The van der Waals surface area contributed by atoms with Crippen molar-refractivity contribution >= 4 is 21.7 Å². The molecule has 1 aromatic rings. The van der Waals surface area contributed by atoms with Crippen LogP contribution in [0.4, 0.5) is 5.82 Å². The number of halogens is 1. The first-order chi connectivity index (χ1) is 7.83. The van der Waals surface area contributed by atoms with Crippen LogP contribution in [0.5, 0.6) is 0 Å². The predicted molar refractivity (Wildman–Crippen MR) is 67.2 cm³/mol. The molecule has 4 heteroatoms. The molecule has 16 heavy (non-hydrogen) atoms. The van der Waals surface area contributed by atoms with Crippen molar-refractivity contribution in [3.63, 3.8) is 0 Å². The zero-order valence-electron chi connectivity index (χ0n) is 9.19. The summed E-state index contributed by atoms with van der Waals surface area (Å²) in [6.45, 7) is 1.08. The molecule has 0 aliphatic heterocycles. The first-order valence-electron chi connectivity index (χ1n) is 6.04. The summed E-state index contributed by atoms with van der Waals surface area (Å²) in [5.41, 5.74) is 0. The van der Waals surface area contributed by atoms with Crippen LogP contribution in [-0.4, -0.2) is 16.5 Å². The van der Waals surface area contributed by atoms with Crippen molar-refractivity contribution in [1.29, 1.82) is 0 Å². The van der Waals surface area contributed by atoms with Crippen LogP contribution in [0.3, 0.4) is 0 Å². The van der Waals surface area contributed by atoms with E-state index in [-0.39, 0.29) is 0 Å². The molecule has 0 spiro atoms. The summed E-state index contributed by atoms with van der Waals surface area (Å²) >= 11 is 3.36. The van der Waals surface area contributed by atoms with E-state index in [1.165, 1.54) is 25.7 Å². The van der Waals surface area contributed by atoms with Gasteiger partial charge in [-0.15, -0.1) is 0 Å². The zero-order chi connectivity index (χ0) is 11.0. The summed E-state index contributed by atoms with van der Waals surface area (Å²) < 4.78 is 0.847. The summed E-state index contributed by atoms with van der Waals surface area (Å²) in [5, 5.41) is 3.45. The lowest BCUT2D eigenvalue weighted by Crippen LogP contribution is -2.18. The number of hydrogen-bond acceptors (Lipinski definition) is 3. The zero-order valence-corrected chi connectivity index (χ0v) is 10.8. The van der Waals surface area contributed by atoms with Crippen LogP contribution in [0.1, 0.15) is 25.7 Å². The quantitative estimate of drug-likeness (QED) is 0.843. The Morgan fingerprint density at radius 1 is 1.25 bits per heavy atom. The van der Waals surface area contributed by atoms with Crippen LogP contribution < -0.4 is 5.32 Å². The highest BCUT2D eigenvalue weighted by molar-refractivity contribution is 9.10. The lowest BCUT2D eigenvalue weighted by Gasteiger charge is -2.16. The fourth-order valence-electron chi connectivity index (χ4n) is 2.42. The van der Waals surface area contributed by atoms with Crippen LogP contribution in [-0.2, 0) is 0 Å². The summed E-state index contributed by atoms with van der Waals surface area (Å²) in [6, 6.07) is 1.94. The maximum atomic E-state index is 4.22. The van der Waals surface area contributed by atoms with Gasteiger partial charge in [-0.25, -0.2) is 9.97 Å². The van der Waals surface area contributed by atoms with Gasteiger partial charge in [0.25, 0.3) is 0 Å². The van der Waals surface area contributed by atoms with E-state index < -0.39 is 0 Å². The second kappa shape index (κ2) is 4.32. The Bertz CT molecular complexity index is 362. The minimum Gasteiger partial charge on any atom is -0.370 e. The standard InChI is InChI=1S/C12H16BrN3/c13-11-5-12(16-7-15-11)14-6-10(8-1-2-8)9-3-4-9/h5,7-10H,1-4,6H2,(H,14,15,16). The molecule has 2 saturated carbocycles. The molecule has 3 nitrogen and oxygen atoms in total. The summed E-state index contributed by atoms with van der Waals surface area (Å²) in [4.78, 5) is 8.25. The van der Waals surface area contributed by atoms with Crippen molar-refractivity contribution in [3.05, 3.63) is 17.0 Å². The van der Waals surface area contributed by atoms with Crippen molar-refractivity contribution in [3.8, 4) is 0 Å². The number of nitrogens with one attached hydrogen (secondary N) is 1. The highest BCUT2D eigenvalue weighted by Crippen LogP contribution is 2.49. The van der Waals surface area contributed by atoms with E-state index >= 15 is 0 Å². The van der Waals surface area contributed by atoms with E-state index in [0.29, 0.717) is 0 Å². The Hall–Kier alpha value is -0.640. The summed E-state index contributed by atoms with van der Waals surface area (Å²) in [5.74, 6) is 3.80. The Balaban J connectivity index is 1.58. The van der Waals surface area contributed by atoms with Crippen LogP contribution in [0.25, 0.3) is 0 Å². The second-order valence-electron chi connectivity index (χ2n) is 4.95. The molecule has 0 amide bonds. The van der Waals surface area contributed by atoms with Gasteiger partial charge in [0.05, 0.1) is 0 Å². The van der Waals surface area contributed by atoms with E-state index in [0.717, 1.165) is 34.7 Å². The molecule has 0 bridgehead atoms. The van der Waals surface area contributed by atoms with Gasteiger partial charge in [-0.3, -0.25) is 0 Å². The molecule has 0 radical (unpaired) electrons. The van der Waals surface area contributed by atoms with E-state index in [1.807, 2.05) is 6.07 Å². The van der Waals surface area contributed by atoms with Gasteiger partial charge >= 0.3 is 0 Å². The SMILES string of the molecule is Brc1cc(NCC(C2CC2)C2CC2)ncn1. The van der Waals surface area contributed by atoms with E-state index in [1.54, 1.807) is 6.33 Å². The van der Waals surface area contributed by atoms with Crippen molar-refractivity contribution < 1.29 is 0 Å². The maximum absolute atomic E-state index is 4.22. The van der Waals surface area contributed by atoms with Crippen molar-refractivity contribution in [2.24, 2.45) is 17.8 Å². The van der Waals surface area contributed by atoms with Gasteiger partial charge in [-0.1, -0.05) is 0 Å². The Morgan fingerprint density at radius 2 is 1.94 bits per heavy atom. The van der Waals surface area contributed by atoms with Gasteiger partial charge in [0.1, 0.15) is 16.7 Å². The molecule has 2 aliphatic carbocycles. The highest BCUT2D eigenvalue weighted by Gasteiger charge is 2.40. The predicted octanol–water partition coefficient (Wildman–Crippen LogP) is 3.09. The third kappa shape index (κ3) is 2.54. The molecule has 0 saturated heterocycles. The van der Waals surface area contributed by atoms with Crippen LogP contribution in [0, 0.1) is 17.8 Å². The number of anilines is 1. The largest absolute Gasteiger partial charge is 0.370 e. The number of rotatable bonds is 5. The topological polar surface area (TPSA) is 37.8 Å². The average Bonchev–Trinajstić information content (AvgIpc) is 3.13. The first kappa shape index (κ1) is 10.5. The van der Waals surface area contributed by atoms with Crippen LogP contribution in [0.2, 0.25) is 0 Å². The lowest BCUT2D eigenvalue weighted by atomic mass is 9.98. The molecule has 2 fully saturated rings. The van der Waals surface area contributed by atoms with Crippen molar-refractivity contribution in [2.75, 3.05) is 11.9 Å². The monoisotopic (exact) mass is 281 g/mol. The van der Waals surface area contributed by atoms with Gasteiger partial charge in [-0.05, 0) is 59.4 Å². The van der Waals surface area contributed by atoms with Crippen LogP contribution >= 0.6 is 15.9 Å². The fraction of sp³-hybridized carbons (Fsp3) is 0.667. The lowest BCUT2D eigenvalue weighted by molar-refractivity contribution is 0.427. The van der Waals surface area contributed by atoms with Gasteiger partial charge in [-0.2, -0.15) is 0 Å². The fourth-order valence-corrected chi connectivity index (χ4v) is 2.73. The molecule has 1 aromatic heterocycles. The molecular formula is C12H16BrN3. The molecule has 86 valence electrons. The van der Waals surface area contributed by atoms with Crippen molar-refractivity contribution in [2.45, 2.75) is 25.7 Å². The van der Waals surface area contributed by atoms with Gasteiger partial charge < -0.3 is 5.32 Å². The molecular weight excluding hydrogens is 266 g/mol. The molecule has 0 unspecified atom stereocenters. The van der Waals surface area contributed by atoms with Crippen LogP contribution in [0.15, 0.2) is 17.0 Å². The molecule has 3 rings (SSSR count). The van der Waals surface area contributed by atoms with E-state index in [2.05, 4.69) is 31.2 Å². The maximum Gasteiger partial charge on any atom is 0.130 e. The summed E-state index contributed by atoms with van der Waals surface area (Å²) in [7, 11) is 0. The number of nitrogens with zero attached hydrogens (tertiary/aromatic N) is 2. The molecule has 1 N–H and O–H groups in total. The Morgan fingerprint density at radius 3 is 2.50 bits per heavy atom. The average molecular weight is 282 g/mol. The number of aromatic nitrogens is 2. The van der Waals surface area contributed by atoms with Gasteiger partial charge in [0, 0.05) is 12.6 Å². The molecule has 0 atom stereocenters. The number of hydrogen-bond donors (Lipinski definition) is 1. The highest BCUT2D eigenvalue weighted by atomic mass is 79.9. The molecule has 1 heterocycles. The first-order valence-corrected chi connectivity index (χ1v) is 6.83. The summed E-state index contributed by atoms with van der Waals surface area (Å²) in [6.07, 6.45) is 7.36. The molecule has 2 aliphatic rings. The minimum atomic E-state index is 0.847. The molecule has 0 aromatic carbocycles. The van der Waals surface area contributed by atoms with Gasteiger partial charge in [0.2, 0.25) is 0 Å². The van der Waals surface area contributed by atoms with Crippen molar-refractivity contribution in [1.82, 2.24) is 9.97 Å². The Labute approximate surface area is 104 Å².